The minimum absolute atomic E-state index is 0.0393. The van der Waals surface area contributed by atoms with Gasteiger partial charge in [-0.1, -0.05) is 54.6 Å². The van der Waals surface area contributed by atoms with Crippen LogP contribution in [0.2, 0.25) is 0 Å². The number of carbonyl (C=O) groups is 1. The van der Waals surface area contributed by atoms with Gasteiger partial charge in [0, 0.05) is 11.3 Å². The fraction of sp³-hybridized carbons (Fsp3) is 0.190. The van der Waals surface area contributed by atoms with Gasteiger partial charge in [0.15, 0.2) is 6.04 Å². The molecule has 1 heterocycles. The van der Waals surface area contributed by atoms with Crippen molar-refractivity contribution in [1.82, 2.24) is 0 Å². The minimum atomic E-state index is -0.133. The second-order valence-corrected chi connectivity index (χ2v) is 7.26. The van der Waals surface area contributed by atoms with Crippen molar-refractivity contribution in [2.24, 2.45) is 0 Å². The second kappa shape index (κ2) is 8.10. The molecule has 3 rings (SSSR count). The number of rotatable bonds is 6. The van der Waals surface area contributed by atoms with Gasteiger partial charge in [-0.2, -0.15) is 0 Å². The Balaban J connectivity index is 1.73. The first-order chi connectivity index (χ1) is 12.1. The summed E-state index contributed by atoms with van der Waals surface area (Å²) >= 11 is 1.73. The number of hydrogen-bond donors (Lipinski definition) is 2. The van der Waals surface area contributed by atoms with E-state index in [0.717, 1.165) is 23.4 Å². The SMILES string of the molecule is C[C@@H](C(=O)Nc1ccccc1-c1ccccc1)[NH+](C)Cc1cccs1. The molecule has 2 atom stereocenters. The number of thiophene rings is 1. The van der Waals surface area contributed by atoms with E-state index in [2.05, 4.69) is 35.9 Å². The first-order valence-electron chi connectivity index (χ1n) is 8.45. The van der Waals surface area contributed by atoms with Gasteiger partial charge in [-0.05, 0) is 30.0 Å². The van der Waals surface area contributed by atoms with Crippen LogP contribution in [-0.2, 0) is 11.3 Å². The maximum Gasteiger partial charge on any atom is 0.282 e. The summed E-state index contributed by atoms with van der Waals surface area (Å²) in [6, 6.07) is 22.1. The summed E-state index contributed by atoms with van der Waals surface area (Å²) in [5, 5.41) is 5.19. The molecule has 1 unspecified atom stereocenters. The number of para-hydroxylation sites is 1. The van der Waals surface area contributed by atoms with E-state index in [1.54, 1.807) is 11.3 Å². The molecule has 0 spiro atoms. The highest BCUT2D eigenvalue weighted by atomic mass is 32.1. The van der Waals surface area contributed by atoms with Crippen LogP contribution in [-0.4, -0.2) is 19.0 Å². The molecule has 0 saturated carbocycles. The number of anilines is 1. The topological polar surface area (TPSA) is 33.5 Å². The van der Waals surface area contributed by atoms with Gasteiger partial charge in [-0.25, -0.2) is 0 Å². The third kappa shape index (κ3) is 4.35. The summed E-state index contributed by atoms with van der Waals surface area (Å²) in [4.78, 5) is 15.2. The van der Waals surface area contributed by atoms with Crippen molar-refractivity contribution in [2.45, 2.75) is 19.5 Å². The molecule has 0 aliphatic rings. The first-order valence-corrected chi connectivity index (χ1v) is 9.33. The van der Waals surface area contributed by atoms with Gasteiger partial charge in [0.05, 0.1) is 11.9 Å². The molecule has 0 bridgehead atoms. The van der Waals surface area contributed by atoms with Crippen molar-refractivity contribution >= 4 is 22.9 Å². The second-order valence-electron chi connectivity index (χ2n) is 6.23. The largest absolute Gasteiger partial charge is 0.323 e. The summed E-state index contributed by atoms with van der Waals surface area (Å²) in [5.41, 5.74) is 3.00. The average Bonchev–Trinajstić information content (AvgIpc) is 3.15. The number of amides is 1. The van der Waals surface area contributed by atoms with Gasteiger partial charge in [-0.3, -0.25) is 4.79 Å². The summed E-state index contributed by atoms with van der Waals surface area (Å²) in [6.07, 6.45) is 0. The van der Waals surface area contributed by atoms with Crippen molar-refractivity contribution in [3.05, 3.63) is 77.0 Å². The molecule has 4 heteroatoms. The van der Waals surface area contributed by atoms with E-state index in [-0.39, 0.29) is 11.9 Å². The predicted molar refractivity (Wildman–Crippen MR) is 105 cm³/mol. The Bertz CT molecular complexity index is 815. The molecular weight excluding hydrogens is 328 g/mol. The smallest absolute Gasteiger partial charge is 0.282 e. The number of likely N-dealkylation sites (N-methyl/N-ethyl adjacent to an activating group) is 1. The molecule has 0 aliphatic heterocycles. The zero-order valence-electron chi connectivity index (χ0n) is 14.5. The lowest BCUT2D eigenvalue weighted by Crippen LogP contribution is -3.12. The molecule has 3 nitrogen and oxygen atoms in total. The van der Waals surface area contributed by atoms with E-state index in [1.165, 1.54) is 9.78 Å². The molecule has 0 radical (unpaired) electrons. The molecule has 2 aromatic carbocycles. The van der Waals surface area contributed by atoms with E-state index in [1.807, 2.05) is 55.5 Å². The zero-order valence-corrected chi connectivity index (χ0v) is 15.3. The van der Waals surface area contributed by atoms with Crippen LogP contribution in [0.25, 0.3) is 11.1 Å². The van der Waals surface area contributed by atoms with Gasteiger partial charge in [-0.15, -0.1) is 11.3 Å². The van der Waals surface area contributed by atoms with E-state index in [0.29, 0.717) is 0 Å². The highest BCUT2D eigenvalue weighted by molar-refractivity contribution is 7.09. The Kier molecular flexibility index (Phi) is 5.64. The van der Waals surface area contributed by atoms with Gasteiger partial charge in [0.1, 0.15) is 6.54 Å². The highest BCUT2D eigenvalue weighted by Crippen LogP contribution is 2.27. The Labute approximate surface area is 152 Å². The zero-order chi connectivity index (χ0) is 17.6. The van der Waals surface area contributed by atoms with Gasteiger partial charge in [0.25, 0.3) is 5.91 Å². The molecule has 25 heavy (non-hydrogen) atoms. The van der Waals surface area contributed by atoms with Crippen LogP contribution >= 0.6 is 11.3 Å². The Hall–Kier alpha value is -2.43. The van der Waals surface area contributed by atoms with Crippen molar-refractivity contribution in [3.8, 4) is 11.1 Å². The fourth-order valence-electron chi connectivity index (χ4n) is 2.77. The van der Waals surface area contributed by atoms with Crippen LogP contribution in [0, 0.1) is 0 Å². The number of hydrogen-bond acceptors (Lipinski definition) is 2. The maximum absolute atomic E-state index is 12.7. The Morgan fingerprint density at radius 2 is 1.76 bits per heavy atom. The van der Waals surface area contributed by atoms with Crippen molar-refractivity contribution in [3.63, 3.8) is 0 Å². The summed E-state index contributed by atoms with van der Waals surface area (Å²) in [7, 11) is 2.06. The molecule has 1 amide bonds. The van der Waals surface area contributed by atoms with E-state index >= 15 is 0 Å². The van der Waals surface area contributed by atoms with Crippen molar-refractivity contribution in [2.75, 3.05) is 12.4 Å². The molecule has 1 aromatic heterocycles. The Morgan fingerprint density at radius 1 is 1.04 bits per heavy atom. The minimum Gasteiger partial charge on any atom is -0.323 e. The monoisotopic (exact) mass is 351 g/mol. The van der Waals surface area contributed by atoms with Crippen LogP contribution in [0.5, 0.6) is 0 Å². The molecule has 0 saturated heterocycles. The molecule has 2 N–H and O–H groups in total. The van der Waals surface area contributed by atoms with E-state index in [9.17, 15) is 4.79 Å². The molecule has 3 aromatic rings. The van der Waals surface area contributed by atoms with Crippen LogP contribution in [0.4, 0.5) is 5.69 Å². The summed E-state index contributed by atoms with van der Waals surface area (Å²) in [6.45, 7) is 2.83. The predicted octanol–water partition coefficient (Wildman–Crippen LogP) is 3.46. The van der Waals surface area contributed by atoms with Crippen molar-refractivity contribution in [1.29, 1.82) is 0 Å². The van der Waals surface area contributed by atoms with Crippen LogP contribution < -0.4 is 10.2 Å². The molecule has 0 aliphatic carbocycles. The van der Waals surface area contributed by atoms with Gasteiger partial charge < -0.3 is 10.2 Å². The molecule has 128 valence electrons. The first kappa shape index (κ1) is 17.4. The number of nitrogens with one attached hydrogen (secondary N) is 2. The molecule has 0 fully saturated rings. The maximum atomic E-state index is 12.7. The highest BCUT2D eigenvalue weighted by Gasteiger charge is 2.23. The quantitative estimate of drug-likeness (QED) is 0.701. The van der Waals surface area contributed by atoms with Crippen LogP contribution in [0.1, 0.15) is 11.8 Å². The lowest BCUT2D eigenvalue weighted by atomic mass is 10.0. The number of quaternary nitrogens is 1. The van der Waals surface area contributed by atoms with E-state index < -0.39 is 0 Å². The van der Waals surface area contributed by atoms with Crippen molar-refractivity contribution < 1.29 is 9.69 Å². The average molecular weight is 351 g/mol. The third-order valence-corrected chi connectivity index (χ3v) is 5.31. The normalized spacial score (nSPS) is 13.2. The van der Waals surface area contributed by atoms with Crippen LogP contribution in [0.3, 0.4) is 0 Å². The summed E-state index contributed by atoms with van der Waals surface area (Å²) in [5.74, 6) is 0.0393. The number of carbonyl (C=O) groups excluding carboxylic acids is 1. The fourth-order valence-corrected chi connectivity index (χ4v) is 3.57. The van der Waals surface area contributed by atoms with Crippen LogP contribution in [0.15, 0.2) is 72.1 Å². The lowest BCUT2D eigenvalue weighted by molar-refractivity contribution is -0.907. The third-order valence-electron chi connectivity index (χ3n) is 4.44. The van der Waals surface area contributed by atoms with E-state index in [4.69, 9.17) is 0 Å². The van der Waals surface area contributed by atoms with Gasteiger partial charge in [0.2, 0.25) is 0 Å². The standard InChI is InChI=1S/C21H22N2OS/c1-16(23(2)15-18-11-8-14-25-18)21(24)22-20-13-7-6-12-19(20)17-9-4-3-5-10-17/h3-14,16H,15H2,1-2H3,(H,22,24)/p+1/t16-/m0/s1. The number of benzene rings is 2. The Morgan fingerprint density at radius 3 is 2.48 bits per heavy atom. The lowest BCUT2D eigenvalue weighted by Gasteiger charge is -2.21. The molecular formula is C21H23N2OS+. The summed E-state index contributed by atoms with van der Waals surface area (Å²) < 4.78 is 0. The van der Waals surface area contributed by atoms with Gasteiger partial charge >= 0.3 is 0 Å².